The lowest BCUT2D eigenvalue weighted by Crippen LogP contribution is -2.27. The molecule has 0 radical (unpaired) electrons. The second kappa shape index (κ2) is 6.88. The number of carboxylic acids is 1. The SMILES string of the molecule is CCc1cc(C(=O)O)c(=O)[nH]c1-c1ccc2cc3n(c2c1)C(N1CCCC1)CC3. The van der Waals surface area contributed by atoms with E-state index in [1.807, 2.05) is 13.0 Å². The molecule has 150 valence electrons. The molecule has 1 unspecified atom stereocenters. The van der Waals surface area contributed by atoms with E-state index in [2.05, 4.69) is 32.7 Å². The lowest BCUT2D eigenvalue weighted by Gasteiger charge is -2.26. The fraction of sp³-hybridized carbons (Fsp3) is 0.391. The van der Waals surface area contributed by atoms with Gasteiger partial charge < -0.3 is 14.7 Å². The predicted molar refractivity (Wildman–Crippen MR) is 112 cm³/mol. The minimum Gasteiger partial charge on any atom is -0.477 e. The van der Waals surface area contributed by atoms with Gasteiger partial charge in [-0.1, -0.05) is 19.1 Å². The van der Waals surface area contributed by atoms with Crippen molar-refractivity contribution in [1.82, 2.24) is 14.5 Å². The van der Waals surface area contributed by atoms with Crippen LogP contribution in [0.5, 0.6) is 0 Å². The summed E-state index contributed by atoms with van der Waals surface area (Å²) in [5, 5.41) is 10.5. The number of aryl methyl sites for hydroxylation is 2. The lowest BCUT2D eigenvalue weighted by molar-refractivity contribution is 0.0695. The van der Waals surface area contributed by atoms with E-state index in [0.29, 0.717) is 12.6 Å². The summed E-state index contributed by atoms with van der Waals surface area (Å²) in [6.45, 7) is 4.29. The van der Waals surface area contributed by atoms with E-state index in [4.69, 9.17) is 0 Å². The molecule has 0 saturated carbocycles. The number of likely N-dealkylation sites (tertiary alicyclic amines) is 1. The average Bonchev–Trinajstić information content (AvgIpc) is 3.43. The number of carboxylic acid groups (broad SMARTS) is 1. The molecule has 3 aromatic rings. The Labute approximate surface area is 168 Å². The van der Waals surface area contributed by atoms with Gasteiger partial charge in [0.25, 0.3) is 5.56 Å². The summed E-state index contributed by atoms with van der Waals surface area (Å²) < 4.78 is 2.47. The Morgan fingerprint density at radius 1 is 1.21 bits per heavy atom. The summed E-state index contributed by atoms with van der Waals surface area (Å²) >= 11 is 0. The molecule has 6 heteroatoms. The van der Waals surface area contributed by atoms with E-state index in [1.165, 1.54) is 35.5 Å². The molecule has 5 rings (SSSR count). The molecule has 6 nitrogen and oxygen atoms in total. The van der Waals surface area contributed by atoms with E-state index in [1.54, 1.807) is 0 Å². The number of hydrogen-bond donors (Lipinski definition) is 2. The molecule has 1 atom stereocenters. The van der Waals surface area contributed by atoms with Crippen molar-refractivity contribution >= 4 is 16.9 Å². The zero-order valence-corrected chi connectivity index (χ0v) is 16.6. The number of fused-ring (bicyclic) bond motifs is 3. The van der Waals surface area contributed by atoms with Gasteiger partial charge in [-0.25, -0.2) is 4.79 Å². The van der Waals surface area contributed by atoms with Crippen molar-refractivity contribution in [2.75, 3.05) is 13.1 Å². The highest BCUT2D eigenvalue weighted by Gasteiger charge is 2.30. The molecule has 2 aliphatic rings. The van der Waals surface area contributed by atoms with Gasteiger partial charge in [-0.05, 0) is 61.3 Å². The number of aromatic nitrogens is 2. The highest BCUT2D eigenvalue weighted by atomic mass is 16.4. The topological polar surface area (TPSA) is 78.3 Å². The van der Waals surface area contributed by atoms with Crippen molar-refractivity contribution in [2.24, 2.45) is 0 Å². The van der Waals surface area contributed by atoms with Crippen molar-refractivity contribution in [3.05, 3.63) is 57.5 Å². The number of H-pyrrole nitrogens is 1. The summed E-state index contributed by atoms with van der Waals surface area (Å²) in [4.78, 5) is 29.1. The van der Waals surface area contributed by atoms with Crippen molar-refractivity contribution in [1.29, 1.82) is 0 Å². The third-order valence-corrected chi connectivity index (χ3v) is 6.46. The van der Waals surface area contributed by atoms with Crippen molar-refractivity contribution < 1.29 is 9.90 Å². The van der Waals surface area contributed by atoms with Crippen LogP contribution in [0, 0.1) is 0 Å². The average molecular weight is 391 g/mol. The molecule has 0 amide bonds. The molecule has 2 aromatic heterocycles. The Morgan fingerprint density at radius 2 is 2.00 bits per heavy atom. The zero-order chi connectivity index (χ0) is 20.1. The number of rotatable bonds is 4. The van der Waals surface area contributed by atoms with Crippen LogP contribution < -0.4 is 5.56 Å². The van der Waals surface area contributed by atoms with Gasteiger partial charge in [-0.15, -0.1) is 0 Å². The lowest BCUT2D eigenvalue weighted by atomic mass is 10.0. The van der Waals surface area contributed by atoms with E-state index in [-0.39, 0.29) is 5.56 Å². The Kier molecular flexibility index (Phi) is 4.32. The molecule has 0 spiro atoms. The Hall–Kier alpha value is -2.86. The Bertz CT molecular complexity index is 1170. The van der Waals surface area contributed by atoms with Crippen molar-refractivity contribution in [2.45, 2.75) is 45.2 Å². The summed E-state index contributed by atoms with van der Waals surface area (Å²) in [5.41, 5.74) is 4.29. The molecule has 1 fully saturated rings. The van der Waals surface area contributed by atoms with Gasteiger partial charge in [0.15, 0.2) is 0 Å². The minimum absolute atomic E-state index is 0.204. The Morgan fingerprint density at radius 3 is 2.72 bits per heavy atom. The van der Waals surface area contributed by atoms with Gasteiger partial charge in [0.05, 0.1) is 17.4 Å². The fourth-order valence-corrected chi connectivity index (χ4v) is 5.04. The van der Waals surface area contributed by atoms with Crippen LogP contribution in [0.15, 0.2) is 35.1 Å². The monoisotopic (exact) mass is 391 g/mol. The third kappa shape index (κ3) is 2.90. The first-order chi connectivity index (χ1) is 14.1. The molecular formula is C23H25N3O3. The van der Waals surface area contributed by atoms with Gasteiger partial charge in [-0.2, -0.15) is 0 Å². The number of nitrogens with zero attached hydrogens (tertiary/aromatic N) is 2. The van der Waals surface area contributed by atoms with Crippen LogP contribution in [-0.4, -0.2) is 38.6 Å². The fourth-order valence-electron chi connectivity index (χ4n) is 5.04. The second-order valence-electron chi connectivity index (χ2n) is 8.11. The van der Waals surface area contributed by atoms with Crippen LogP contribution in [0.3, 0.4) is 0 Å². The number of benzene rings is 1. The van der Waals surface area contributed by atoms with Gasteiger partial charge >= 0.3 is 5.97 Å². The van der Waals surface area contributed by atoms with Crippen LogP contribution in [0.2, 0.25) is 0 Å². The quantitative estimate of drug-likeness (QED) is 0.709. The zero-order valence-electron chi connectivity index (χ0n) is 16.6. The van der Waals surface area contributed by atoms with E-state index in [0.717, 1.165) is 42.8 Å². The van der Waals surface area contributed by atoms with Gasteiger partial charge in [0.2, 0.25) is 0 Å². The summed E-state index contributed by atoms with van der Waals surface area (Å²) in [6, 6.07) is 10.1. The minimum atomic E-state index is -1.19. The van der Waals surface area contributed by atoms with Gasteiger partial charge in [0.1, 0.15) is 5.56 Å². The van der Waals surface area contributed by atoms with E-state index < -0.39 is 11.5 Å². The number of carbonyl (C=O) groups is 1. The van der Waals surface area contributed by atoms with Gasteiger partial charge in [0, 0.05) is 24.3 Å². The normalized spacial score (nSPS) is 19.1. The smallest absolute Gasteiger partial charge is 0.341 e. The first kappa shape index (κ1) is 18.2. The van der Waals surface area contributed by atoms with Crippen molar-refractivity contribution in [3.63, 3.8) is 0 Å². The number of hydrogen-bond acceptors (Lipinski definition) is 3. The molecule has 1 saturated heterocycles. The van der Waals surface area contributed by atoms with Crippen LogP contribution >= 0.6 is 0 Å². The largest absolute Gasteiger partial charge is 0.477 e. The van der Waals surface area contributed by atoms with Crippen LogP contribution in [0.1, 0.15) is 54.0 Å². The number of aromatic carboxylic acids is 1. The highest BCUT2D eigenvalue weighted by Crippen LogP contribution is 2.38. The number of nitrogens with one attached hydrogen (secondary N) is 1. The maximum atomic E-state index is 12.3. The molecule has 2 aliphatic heterocycles. The molecule has 0 bridgehead atoms. The Balaban J connectivity index is 1.64. The maximum absolute atomic E-state index is 12.3. The number of aromatic amines is 1. The standard InChI is InChI=1S/C23H25N3O3/c1-2-14-12-18(23(28)29)22(27)24-21(14)16-6-5-15-11-17-7-8-20(25-9-3-4-10-25)26(17)19(15)13-16/h5-6,11-13,20H,2-4,7-10H2,1H3,(H,24,27)(H,28,29). The molecule has 4 heterocycles. The first-order valence-electron chi connectivity index (χ1n) is 10.4. The second-order valence-corrected chi connectivity index (χ2v) is 8.11. The molecule has 29 heavy (non-hydrogen) atoms. The summed E-state index contributed by atoms with van der Waals surface area (Å²) in [7, 11) is 0. The molecule has 0 aliphatic carbocycles. The number of pyridine rings is 1. The molecule has 1 aromatic carbocycles. The molecule has 2 N–H and O–H groups in total. The highest BCUT2D eigenvalue weighted by molar-refractivity contribution is 5.89. The van der Waals surface area contributed by atoms with Crippen molar-refractivity contribution in [3.8, 4) is 11.3 Å². The maximum Gasteiger partial charge on any atom is 0.341 e. The third-order valence-electron chi connectivity index (χ3n) is 6.46. The van der Waals surface area contributed by atoms with E-state index >= 15 is 0 Å². The summed E-state index contributed by atoms with van der Waals surface area (Å²) in [5.74, 6) is -1.19. The van der Waals surface area contributed by atoms with Crippen LogP contribution in [0.25, 0.3) is 22.2 Å². The van der Waals surface area contributed by atoms with Crippen LogP contribution in [0.4, 0.5) is 0 Å². The molecular weight excluding hydrogens is 366 g/mol. The predicted octanol–water partition coefficient (Wildman–Crippen LogP) is 3.80. The van der Waals surface area contributed by atoms with Crippen LogP contribution in [-0.2, 0) is 12.8 Å². The summed E-state index contributed by atoms with van der Waals surface area (Å²) in [6.07, 6.45) is 5.85. The van der Waals surface area contributed by atoms with E-state index in [9.17, 15) is 14.7 Å². The first-order valence-corrected chi connectivity index (χ1v) is 10.4. The van der Waals surface area contributed by atoms with Gasteiger partial charge in [-0.3, -0.25) is 9.69 Å².